The minimum Gasteiger partial charge on any atom is -0.388 e. The van der Waals surface area contributed by atoms with Gasteiger partial charge in [-0.3, -0.25) is 4.79 Å². The van der Waals surface area contributed by atoms with Crippen LogP contribution in [0, 0.1) is 0 Å². The van der Waals surface area contributed by atoms with Crippen molar-refractivity contribution in [3.05, 3.63) is 64.2 Å². The van der Waals surface area contributed by atoms with Gasteiger partial charge >= 0.3 is 12.4 Å². The molecule has 0 radical (unpaired) electrons. The Labute approximate surface area is 223 Å². The largest absolute Gasteiger partial charge is 0.416 e. The average Bonchev–Trinajstić information content (AvgIpc) is 3.26. The lowest BCUT2D eigenvalue weighted by atomic mass is 9.87. The number of benzene rings is 2. The number of hydrogen-bond acceptors (Lipinski definition) is 4. The smallest absolute Gasteiger partial charge is 0.388 e. The lowest BCUT2D eigenvalue weighted by molar-refractivity contribution is -0.143. The van der Waals surface area contributed by atoms with Gasteiger partial charge in [0.25, 0.3) is 5.91 Å². The molecule has 1 amide bonds. The van der Waals surface area contributed by atoms with E-state index in [1.54, 1.807) is 29.2 Å². The van der Waals surface area contributed by atoms with E-state index < -0.39 is 34.8 Å². The fourth-order valence-electron chi connectivity index (χ4n) is 4.15. The molecule has 0 atom stereocenters. The Bertz CT molecular complexity index is 1210. The van der Waals surface area contributed by atoms with Crippen LogP contribution in [-0.2, 0) is 28.5 Å². The third-order valence-corrected chi connectivity index (χ3v) is 6.88. The minimum absolute atomic E-state index is 0.0212. The topological polar surface area (TPSA) is 66.0 Å². The van der Waals surface area contributed by atoms with Crippen LogP contribution in [0.5, 0.6) is 0 Å². The molecule has 2 N–H and O–H groups in total. The molecule has 0 aromatic heterocycles. The van der Waals surface area contributed by atoms with Crippen LogP contribution in [0.15, 0.2) is 47.6 Å². The van der Waals surface area contributed by atoms with Gasteiger partial charge in [0.15, 0.2) is 5.11 Å². The van der Waals surface area contributed by atoms with Crippen molar-refractivity contribution in [3.63, 3.8) is 0 Å². The molecule has 4 rings (SSSR count). The molecule has 2 aliphatic heterocycles. The fraction of sp³-hybridized carbons (Fsp3) is 0.375. The first-order chi connectivity index (χ1) is 17.7. The number of oxime groups is 1. The van der Waals surface area contributed by atoms with E-state index in [2.05, 4.69) is 15.8 Å². The number of anilines is 1. The number of thiocarbonyl (C=S) groups is 1. The zero-order chi connectivity index (χ0) is 27.7. The van der Waals surface area contributed by atoms with Gasteiger partial charge in [0, 0.05) is 49.6 Å². The molecule has 0 saturated carbocycles. The summed E-state index contributed by atoms with van der Waals surface area (Å²) in [6, 6.07) is 8.21. The second-order valence-electron chi connectivity index (χ2n) is 9.01. The number of piperidine rings is 1. The third kappa shape index (κ3) is 6.68. The predicted molar refractivity (Wildman–Crippen MR) is 133 cm³/mol. The molecule has 2 heterocycles. The van der Waals surface area contributed by atoms with Crippen molar-refractivity contribution in [2.24, 2.45) is 5.16 Å². The van der Waals surface area contributed by atoms with Crippen LogP contribution in [0.25, 0.3) is 0 Å². The number of alkyl halides is 6. The van der Waals surface area contributed by atoms with Crippen molar-refractivity contribution in [1.82, 2.24) is 10.2 Å². The van der Waals surface area contributed by atoms with Gasteiger partial charge in [-0.25, -0.2) is 0 Å². The van der Waals surface area contributed by atoms with Crippen LogP contribution >= 0.6 is 23.8 Å². The average molecular weight is 579 g/mol. The lowest BCUT2D eigenvalue weighted by Crippen LogP contribution is -2.48. The molecule has 6 nitrogen and oxygen atoms in total. The monoisotopic (exact) mass is 578 g/mol. The molecule has 204 valence electrons. The van der Waals surface area contributed by atoms with Crippen LogP contribution in [0.3, 0.4) is 0 Å². The molecule has 0 unspecified atom stereocenters. The van der Waals surface area contributed by atoms with Gasteiger partial charge < -0.3 is 20.4 Å². The first-order valence-electron chi connectivity index (χ1n) is 11.4. The Kier molecular flexibility index (Phi) is 7.80. The Morgan fingerprint density at radius 1 is 1.03 bits per heavy atom. The quantitative estimate of drug-likeness (QED) is 0.344. The highest BCUT2D eigenvalue weighted by atomic mass is 35.5. The first kappa shape index (κ1) is 28.0. The molecule has 1 saturated heterocycles. The molecule has 2 aromatic rings. The van der Waals surface area contributed by atoms with Crippen molar-refractivity contribution >= 4 is 46.2 Å². The van der Waals surface area contributed by atoms with Crippen LogP contribution in [-0.4, -0.2) is 40.3 Å². The Morgan fingerprint density at radius 2 is 1.61 bits per heavy atom. The van der Waals surface area contributed by atoms with Crippen LogP contribution in [0.1, 0.15) is 36.0 Å². The number of likely N-dealkylation sites (tertiary alicyclic amines) is 1. The molecule has 1 fully saturated rings. The molecule has 1 spiro atoms. The summed E-state index contributed by atoms with van der Waals surface area (Å²) in [6.45, 7) is 0.875. The molecule has 0 bridgehead atoms. The predicted octanol–water partition coefficient (Wildman–Crippen LogP) is 6.00. The molecule has 2 aromatic carbocycles. The SMILES string of the molecule is O=C(NCc1ccc(Cl)cc1)C1=NOC2(CCN(C(=S)Nc3cc(C(F)(F)F)cc(C(F)(F)F)c3)CC2)C1. The number of carbonyl (C=O) groups is 1. The lowest BCUT2D eigenvalue weighted by Gasteiger charge is -2.38. The maximum absolute atomic E-state index is 13.1. The molecule has 0 aliphatic carbocycles. The van der Waals surface area contributed by atoms with Gasteiger partial charge in [-0.05, 0) is 48.1 Å². The summed E-state index contributed by atoms with van der Waals surface area (Å²) in [4.78, 5) is 19.8. The first-order valence-corrected chi connectivity index (χ1v) is 12.2. The molecular formula is C24H21ClF6N4O2S. The van der Waals surface area contributed by atoms with Crippen molar-refractivity contribution in [1.29, 1.82) is 0 Å². The highest BCUT2D eigenvalue weighted by Crippen LogP contribution is 2.38. The summed E-state index contributed by atoms with van der Waals surface area (Å²) >= 11 is 11.1. The van der Waals surface area contributed by atoms with Crippen LogP contribution in [0.4, 0.5) is 32.0 Å². The van der Waals surface area contributed by atoms with E-state index in [-0.39, 0.29) is 35.8 Å². The maximum Gasteiger partial charge on any atom is 0.416 e. The van der Waals surface area contributed by atoms with Crippen LogP contribution < -0.4 is 10.6 Å². The van der Waals surface area contributed by atoms with Gasteiger partial charge in [-0.1, -0.05) is 28.9 Å². The number of nitrogens with one attached hydrogen (secondary N) is 2. The Hall–Kier alpha value is -3.06. The number of nitrogens with zero attached hydrogens (tertiary/aromatic N) is 2. The zero-order valence-electron chi connectivity index (χ0n) is 19.5. The maximum atomic E-state index is 13.1. The molecular weight excluding hydrogens is 558 g/mol. The molecule has 14 heteroatoms. The Morgan fingerprint density at radius 3 is 2.16 bits per heavy atom. The number of carbonyl (C=O) groups excluding carboxylic acids is 1. The van der Waals surface area contributed by atoms with Crippen molar-refractivity contribution < 1.29 is 36.0 Å². The van der Waals surface area contributed by atoms with Crippen molar-refractivity contribution in [2.45, 2.75) is 43.8 Å². The normalized spacial score (nSPS) is 17.1. The fourth-order valence-corrected chi connectivity index (χ4v) is 4.57. The summed E-state index contributed by atoms with van der Waals surface area (Å²) in [6.07, 6.45) is -8.88. The van der Waals surface area contributed by atoms with E-state index in [9.17, 15) is 31.1 Å². The third-order valence-electron chi connectivity index (χ3n) is 6.27. The second-order valence-corrected chi connectivity index (χ2v) is 9.83. The van der Waals surface area contributed by atoms with Gasteiger partial charge in [0.1, 0.15) is 11.3 Å². The van der Waals surface area contributed by atoms with Gasteiger partial charge in [-0.15, -0.1) is 0 Å². The highest BCUT2D eigenvalue weighted by molar-refractivity contribution is 7.80. The minimum atomic E-state index is -4.96. The number of hydrogen-bond donors (Lipinski definition) is 2. The van der Waals surface area contributed by atoms with Crippen molar-refractivity contribution in [2.75, 3.05) is 18.4 Å². The summed E-state index contributed by atoms with van der Waals surface area (Å²) in [5.74, 6) is -0.374. The van der Waals surface area contributed by atoms with Gasteiger partial charge in [0.05, 0.1) is 11.1 Å². The highest BCUT2D eigenvalue weighted by Gasteiger charge is 2.44. The second kappa shape index (κ2) is 10.6. The summed E-state index contributed by atoms with van der Waals surface area (Å²) in [5.41, 5.74) is -2.94. The Balaban J connectivity index is 1.32. The molecule has 2 aliphatic rings. The van der Waals surface area contributed by atoms with Gasteiger partial charge in [0.2, 0.25) is 0 Å². The van der Waals surface area contributed by atoms with E-state index in [0.29, 0.717) is 43.1 Å². The standard InChI is InChI=1S/C24H21ClF6N4O2S/c25-17-3-1-14(2-4-17)13-32-20(36)19-12-22(37-34-19)5-7-35(8-6-22)21(38)33-18-10-15(23(26,27)28)9-16(11-18)24(29,30)31/h1-4,9-11H,5-8,12-13H2,(H,32,36)(H,33,38). The number of rotatable bonds is 4. The van der Waals surface area contributed by atoms with Gasteiger partial charge in [-0.2, -0.15) is 26.3 Å². The number of amides is 1. The van der Waals surface area contributed by atoms with Crippen molar-refractivity contribution in [3.8, 4) is 0 Å². The zero-order valence-corrected chi connectivity index (χ0v) is 21.1. The van der Waals surface area contributed by atoms with E-state index >= 15 is 0 Å². The summed E-state index contributed by atoms with van der Waals surface area (Å²) < 4.78 is 78.8. The molecule has 38 heavy (non-hydrogen) atoms. The van der Waals surface area contributed by atoms with E-state index in [0.717, 1.165) is 5.56 Å². The van der Waals surface area contributed by atoms with E-state index in [1.807, 2.05) is 0 Å². The number of halogens is 7. The summed E-state index contributed by atoms with van der Waals surface area (Å²) in [5, 5.41) is 9.77. The summed E-state index contributed by atoms with van der Waals surface area (Å²) in [7, 11) is 0. The van der Waals surface area contributed by atoms with E-state index in [1.165, 1.54) is 0 Å². The van der Waals surface area contributed by atoms with Crippen LogP contribution in [0.2, 0.25) is 5.02 Å². The van der Waals surface area contributed by atoms with E-state index in [4.69, 9.17) is 28.7 Å².